The molecule has 0 aliphatic rings. The summed E-state index contributed by atoms with van der Waals surface area (Å²) in [5, 5.41) is 1.78. The first kappa shape index (κ1) is 13.2. The van der Waals surface area contributed by atoms with Gasteiger partial charge >= 0.3 is 12.1 Å². The first-order valence-corrected chi connectivity index (χ1v) is 4.41. The summed E-state index contributed by atoms with van der Waals surface area (Å²) in [6.07, 6.45) is -3.65. The third-order valence-electron chi connectivity index (χ3n) is 1.46. The molecule has 0 aliphatic heterocycles. The second-order valence-corrected chi connectivity index (χ2v) is 2.66. The van der Waals surface area contributed by atoms with Gasteiger partial charge in [0.1, 0.15) is 0 Å². The number of rotatable bonds is 6. The average molecular weight is 213 g/mol. The van der Waals surface area contributed by atoms with E-state index in [9.17, 15) is 18.0 Å². The van der Waals surface area contributed by atoms with Gasteiger partial charge in [-0.1, -0.05) is 0 Å². The number of alkyl halides is 3. The van der Waals surface area contributed by atoms with Crippen LogP contribution in [0.2, 0.25) is 0 Å². The van der Waals surface area contributed by atoms with E-state index in [0.717, 1.165) is 0 Å². The summed E-state index contributed by atoms with van der Waals surface area (Å²) in [5.74, 6) is -1.88. The van der Waals surface area contributed by atoms with Gasteiger partial charge in [-0.25, -0.2) is 0 Å². The van der Waals surface area contributed by atoms with E-state index in [1.54, 1.807) is 5.32 Å². The molecule has 0 heterocycles. The van der Waals surface area contributed by atoms with Crippen molar-refractivity contribution < 1.29 is 22.7 Å². The van der Waals surface area contributed by atoms with Gasteiger partial charge in [0.15, 0.2) is 0 Å². The summed E-state index contributed by atoms with van der Waals surface area (Å²) in [4.78, 5) is 10.3. The second-order valence-electron chi connectivity index (χ2n) is 2.66. The fourth-order valence-electron chi connectivity index (χ4n) is 0.776. The molecule has 0 aromatic rings. The molecule has 1 amide bonds. The quantitative estimate of drug-likeness (QED) is 0.679. The monoisotopic (exact) mass is 213 g/mol. The van der Waals surface area contributed by atoms with Gasteiger partial charge in [0.05, 0.1) is 0 Å². The molecular formula is C8H14F3NO2. The maximum Gasteiger partial charge on any atom is 0.471 e. The zero-order valence-corrected chi connectivity index (χ0v) is 7.99. The lowest BCUT2D eigenvalue weighted by atomic mass is 10.3. The molecule has 0 spiro atoms. The summed E-state index contributed by atoms with van der Waals surface area (Å²) in [5.41, 5.74) is 0. The third kappa shape index (κ3) is 6.71. The van der Waals surface area contributed by atoms with Crippen molar-refractivity contribution in [1.82, 2.24) is 5.32 Å². The van der Waals surface area contributed by atoms with E-state index in [2.05, 4.69) is 0 Å². The Morgan fingerprint density at radius 2 is 2.00 bits per heavy atom. The molecule has 0 fully saturated rings. The summed E-state index contributed by atoms with van der Waals surface area (Å²) in [6, 6.07) is 0. The predicted molar refractivity (Wildman–Crippen MR) is 44.8 cm³/mol. The van der Waals surface area contributed by atoms with Gasteiger partial charge < -0.3 is 10.1 Å². The molecular weight excluding hydrogens is 199 g/mol. The molecule has 0 aromatic carbocycles. The molecule has 1 N–H and O–H groups in total. The molecule has 0 saturated carbocycles. The number of hydrogen-bond donors (Lipinski definition) is 1. The highest BCUT2D eigenvalue weighted by Gasteiger charge is 2.37. The van der Waals surface area contributed by atoms with Gasteiger partial charge in [0.2, 0.25) is 0 Å². The molecule has 14 heavy (non-hydrogen) atoms. The van der Waals surface area contributed by atoms with Crippen LogP contribution in [0.3, 0.4) is 0 Å². The molecule has 0 saturated heterocycles. The SMILES string of the molecule is CCOCCCCNC(=O)C(F)(F)F. The van der Waals surface area contributed by atoms with Crippen molar-refractivity contribution in [2.45, 2.75) is 25.9 Å². The maximum atomic E-state index is 11.6. The Hall–Kier alpha value is -0.780. The normalized spacial score (nSPS) is 11.4. The number of carbonyl (C=O) groups excluding carboxylic acids is 1. The van der Waals surface area contributed by atoms with E-state index >= 15 is 0 Å². The fourth-order valence-corrected chi connectivity index (χ4v) is 0.776. The first-order valence-electron chi connectivity index (χ1n) is 4.41. The van der Waals surface area contributed by atoms with Crippen molar-refractivity contribution in [3.05, 3.63) is 0 Å². The van der Waals surface area contributed by atoms with E-state index < -0.39 is 12.1 Å². The van der Waals surface area contributed by atoms with Crippen LogP contribution in [0.5, 0.6) is 0 Å². The average Bonchev–Trinajstić information content (AvgIpc) is 2.09. The number of hydrogen-bond acceptors (Lipinski definition) is 2. The third-order valence-corrected chi connectivity index (χ3v) is 1.46. The molecule has 0 radical (unpaired) electrons. The highest BCUT2D eigenvalue weighted by Crippen LogP contribution is 2.13. The molecule has 0 unspecified atom stereocenters. The zero-order chi connectivity index (χ0) is 11.0. The highest BCUT2D eigenvalue weighted by atomic mass is 19.4. The highest BCUT2D eigenvalue weighted by molar-refractivity contribution is 5.81. The number of nitrogens with one attached hydrogen (secondary N) is 1. The minimum Gasteiger partial charge on any atom is -0.382 e. The smallest absolute Gasteiger partial charge is 0.382 e. The molecule has 84 valence electrons. The number of ether oxygens (including phenoxy) is 1. The van der Waals surface area contributed by atoms with Gasteiger partial charge in [0, 0.05) is 19.8 Å². The largest absolute Gasteiger partial charge is 0.471 e. The Morgan fingerprint density at radius 1 is 1.36 bits per heavy atom. The Kier molecular flexibility index (Phi) is 6.27. The topological polar surface area (TPSA) is 38.3 Å². The number of carbonyl (C=O) groups is 1. The molecule has 0 atom stereocenters. The Labute approximate surface area is 80.6 Å². The van der Waals surface area contributed by atoms with Gasteiger partial charge in [0.25, 0.3) is 0 Å². The molecule has 0 rings (SSSR count). The Balaban J connectivity index is 3.33. The molecule has 0 aliphatic carbocycles. The van der Waals surface area contributed by atoms with Crippen LogP contribution in [0, 0.1) is 0 Å². The Morgan fingerprint density at radius 3 is 2.50 bits per heavy atom. The summed E-state index contributed by atoms with van der Waals surface area (Å²) >= 11 is 0. The lowest BCUT2D eigenvalue weighted by Gasteiger charge is -2.07. The number of halogens is 3. The van der Waals surface area contributed by atoms with Crippen LogP contribution in [0.4, 0.5) is 13.2 Å². The van der Waals surface area contributed by atoms with Crippen molar-refractivity contribution in [2.24, 2.45) is 0 Å². The van der Waals surface area contributed by atoms with Crippen molar-refractivity contribution in [3.63, 3.8) is 0 Å². The summed E-state index contributed by atoms with van der Waals surface area (Å²) < 4.78 is 39.9. The van der Waals surface area contributed by atoms with Crippen LogP contribution in [0.15, 0.2) is 0 Å². The van der Waals surface area contributed by atoms with E-state index in [0.29, 0.717) is 26.1 Å². The van der Waals surface area contributed by atoms with Crippen LogP contribution < -0.4 is 5.32 Å². The van der Waals surface area contributed by atoms with Crippen molar-refractivity contribution in [3.8, 4) is 0 Å². The standard InChI is InChI=1S/C8H14F3NO2/c1-2-14-6-4-3-5-12-7(13)8(9,10)11/h2-6H2,1H3,(H,12,13). The lowest BCUT2D eigenvalue weighted by Crippen LogP contribution is -2.37. The van der Waals surface area contributed by atoms with Gasteiger partial charge in [-0.2, -0.15) is 13.2 Å². The van der Waals surface area contributed by atoms with Crippen molar-refractivity contribution in [1.29, 1.82) is 0 Å². The van der Waals surface area contributed by atoms with E-state index in [1.165, 1.54) is 0 Å². The van der Waals surface area contributed by atoms with Crippen LogP contribution in [0.25, 0.3) is 0 Å². The number of amides is 1. The minimum atomic E-state index is -4.78. The van der Waals surface area contributed by atoms with Gasteiger partial charge in [-0.3, -0.25) is 4.79 Å². The van der Waals surface area contributed by atoms with E-state index in [1.807, 2.05) is 6.92 Å². The van der Waals surface area contributed by atoms with Gasteiger partial charge in [-0.15, -0.1) is 0 Å². The van der Waals surface area contributed by atoms with Crippen LogP contribution in [-0.2, 0) is 9.53 Å². The Bertz CT molecular complexity index is 170. The lowest BCUT2D eigenvalue weighted by molar-refractivity contribution is -0.173. The van der Waals surface area contributed by atoms with Crippen LogP contribution >= 0.6 is 0 Å². The van der Waals surface area contributed by atoms with Crippen LogP contribution in [-0.4, -0.2) is 31.8 Å². The zero-order valence-electron chi connectivity index (χ0n) is 7.99. The fraction of sp³-hybridized carbons (Fsp3) is 0.875. The molecule has 0 bridgehead atoms. The number of unbranched alkanes of at least 4 members (excludes halogenated alkanes) is 1. The van der Waals surface area contributed by atoms with Crippen molar-refractivity contribution >= 4 is 5.91 Å². The summed E-state index contributed by atoms with van der Waals surface area (Å²) in [7, 11) is 0. The van der Waals surface area contributed by atoms with E-state index in [-0.39, 0.29) is 6.54 Å². The first-order chi connectivity index (χ1) is 6.48. The molecule has 0 aromatic heterocycles. The second kappa shape index (κ2) is 6.64. The predicted octanol–water partition coefficient (Wildman–Crippen LogP) is 1.48. The minimum absolute atomic E-state index is 0.0332. The molecule has 3 nitrogen and oxygen atoms in total. The summed E-state index contributed by atoms with van der Waals surface area (Å²) in [6.45, 7) is 2.98. The van der Waals surface area contributed by atoms with E-state index in [4.69, 9.17) is 4.74 Å². The van der Waals surface area contributed by atoms with Crippen LogP contribution in [0.1, 0.15) is 19.8 Å². The molecule has 6 heteroatoms. The maximum absolute atomic E-state index is 11.6. The van der Waals surface area contributed by atoms with Crippen molar-refractivity contribution in [2.75, 3.05) is 19.8 Å². The van der Waals surface area contributed by atoms with Gasteiger partial charge in [-0.05, 0) is 19.8 Å².